The third kappa shape index (κ3) is 5.68. The van der Waals surface area contributed by atoms with Crippen LogP contribution in [0.5, 0.6) is 0 Å². The Hall–Kier alpha value is -0.160. The minimum Gasteiger partial charge on any atom is -0.315 e. The standard InChI is InChI=1S/C16H36N4/c1-6-8-15(17-3)16(7-2)20-13-11-19(12-14-20)10-9-18(4)5/h15-17H,6-14H2,1-5H3. The molecule has 1 aliphatic heterocycles. The third-order valence-electron chi connectivity index (χ3n) is 4.59. The quantitative estimate of drug-likeness (QED) is 0.689. The van der Waals surface area contributed by atoms with Gasteiger partial charge in [-0.05, 0) is 34.0 Å². The van der Waals surface area contributed by atoms with E-state index >= 15 is 0 Å². The zero-order valence-electron chi connectivity index (χ0n) is 14.4. The smallest absolute Gasteiger partial charge is 0.0247 e. The van der Waals surface area contributed by atoms with E-state index in [1.165, 1.54) is 58.5 Å². The van der Waals surface area contributed by atoms with E-state index in [9.17, 15) is 0 Å². The fourth-order valence-electron chi connectivity index (χ4n) is 3.30. The maximum atomic E-state index is 3.54. The Morgan fingerprint density at radius 1 is 1.10 bits per heavy atom. The predicted molar refractivity (Wildman–Crippen MR) is 88.4 cm³/mol. The van der Waals surface area contributed by atoms with Gasteiger partial charge in [-0.15, -0.1) is 0 Å². The second kappa shape index (κ2) is 9.72. The van der Waals surface area contributed by atoms with E-state index in [1.807, 2.05) is 0 Å². The van der Waals surface area contributed by atoms with Crippen molar-refractivity contribution >= 4 is 0 Å². The molecule has 20 heavy (non-hydrogen) atoms. The van der Waals surface area contributed by atoms with Crippen LogP contribution in [0.25, 0.3) is 0 Å². The average Bonchev–Trinajstić information content (AvgIpc) is 2.46. The molecule has 0 amide bonds. The molecular weight excluding hydrogens is 248 g/mol. The second-order valence-corrected chi connectivity index (χ2v) is 6.34. The summed E-state index contributed by atoms with van der Waals surface area (Å²) in [4.78, 5) is 7.60. The molecule has 1 fully saturated rings. The molecule has 0 saturated carbocycles. The van der Waals surface area contributed by atoms with E-state index in [2.05, 4.69) is 55.0 Å². The second-order valence-electron chi connectivity index (χ2n) is 6.34. The largest absolute Gasteiger partial charge is 0.315 e. The Morgan fingerprint density at radius 2 is 1.75 bits per heavy atom. The van der Waals surface area contributed by atoms with Crippen LogP contribution in [0.4, 0.5) is 0 Å². The average molecular weight is 284 g/mol. The van der Waals surface area contributed by atoms with E-state index in [-0.39, 0.29) is 0 Å². The molecule has 0 aromatic heterocycles. The number of likely N-dealkylation sites (N-methyl/N-ethyl adjacent to an activating group) is 2. The first-order valence-corrected chi connectivity index (χ1v) is 8.40. The van der Waals surface area contributed by atoms with Gasteiger partial charge in [0, 0.05) is 51.4 Å². The van der Waals surface area contributed by atoms with Crippen molar-refractivity contribution in [1.82, 2.24) is 20.0 Å². The predicted octanol–water partition coefficient (Wildman–Crippen LogP) is 1.33. The van der Waals surface area contributed by atoms with Crippen LogP contribution in [0.2, 0.25) is 0 Å². The maximum absolute atomic E-state index is 3.54. The van der Waals surface area contributed by atoms with Crippen molar-refractivity contribution in [3.05, 3.63) is 0 Å². The fraction of sp³-hybridized carbons (Fsp3) is 1.00. The monoisotopic (exact) mass is 284 g/mol. The lowest BCUT2D eigenvalue weighted by molar-refractivity contribution is 0.0726. The van der Waals surface area contributed by atoms with Crippen molar-refractivity contribution < 1.29 is 0 Å². The molecule has 2 atom stereocenters. The topological polar surface area (TPSA) is 21.8 Å². The normalized spacial score (nSPS) is 21.3. The van der Waals surface area contributed by atoms with Crippen LogP contribution < -0.4 is 5.32 Å². The summed E-state index contributed by atoms with van der Waals surface area (Å²) in [7, 11) is 6.44. The van der Waals surface area contributed by atoms with Gasteiger partial charge in [0.1, 0.15) is 0 Å². The van der Waals surface area contributed by atoms with Crippen molar-refractivity contribution in [2.24, 2.45) is 0 Å². The Labute approximate surface area is 126 Å². The molecule has 1 rings (SSSR count). The van der Waals surface area contributed by atoms with Gasteiger partial charge in [-0.25, -0.2) is 0 Å². The molecule has 1 saturated heterocycles. The van der Waals surface area contributed by atoms with Crippen molar-refractivity contribution in [3.63, 3.8) is 0 Å². The lowest BCUT2D eigenvalue weighted by Crippen LogP contribution is -2.56. The van der Waals surface area contributed by atoms with Gasteiger partial charge in [-0.2, -0.15) is 0 Å². The molecule has 0 spiro atoms. The molecule has 2 unspecified atom stereocenters. The van der Waals surface area contributed by atoms with Gasteiger partial charge >= 0.3 is 0 Å². The Balaban J connectivity index is 2.41. The molecule has 120 valence electrons. The first-order chi connectivity index (χ1) is 9.62. The maximum Gasteiger partial charge on any atom is 0.0247 e. The zero-order chi connectivity index (χ0) is 15.0. The molecule has 0 aliphatic carbocycles. The molecule has 0 radical (unpaired) electrons. The van der Waals surface area contributed by atoms with E-state index in [4.69, 9.17) is 0 Å². The van der Waals surface area contributed by atoms with Crippen molar-refractivity contribution in [2.45, 2.75) is 45.2 Å². The van der Waals surface area contributed by atoms with Crippen molar-refractivity contribution in [3.8, 4) is 0 Å². The fourth-order valence-corrected chi connectivity index (χ4v) is 3.30. The number of piperazine rings is 1. The lowest BCUT2D eigenvalue weighted by Gasteiger charge is -2.42. The summed E-state index contributed by atoms with van der Waals surface area (Å²) in [6.07, 6.45) is 3.81. The highest BCUT2D eigenvalue weighted by molar-refractivity contribution is 4.86. The van der Waals surface area contributed by atoms with Gasteiger partial charge in [-0.1, -0.05) is 20.3 Å². The third-order valence-corrected chi connectivity index (χ3v) is 4.59. The van der Waals surface area contributed by atoms with Gasteiger partial charge in [0.05, 0.1) is 0 Å². The Morgan fingerprint density at radius 3 is 2.20 bits per heavy atom. The van der Waals surface area contributed by atoms with Crippen LogP contribution >= 0.6 is 0 Å². The van der Waals surface area contributed by atoms with E-state index in [1.54, 1.807) is 0 Å². The Kier molecular flexibility index (Phi) is 8.69. The number of hydrogen-bond acceptors (Lipinski definition) is 4. The zero-order valence-corrected chi connectivity index (χ0v) is 14.4. The van der Waals surface area contributed by atoms with E-state index < -0.39 is 0 Å². The van der Waals surface area contributed by atoms with Crippen molar-refractivity contribution in [1.29, 1.82) is 0 Å². The molecular formula is C16H36N4. The van der Waals surface area contributed by atoms with Gasteiger partial charge in [0.2, 0.25) is 0 Å². The number of hydrogen-bond donors (Lipinski definition) is 1. The summed E-state index contributed by atoms with van der Waals surface area (Å²) < 4.78 is 0. The summed E-state index contributed by atoms with van der Waals surface area (Å²) in [5, 5.41) is 3.54. The molecule has 1 N–H and O–H groups in total. The highest BCUT2D eigenvalue weighted by atomic mass is 15.3. The summed E-state index contributed by atoms with van der Waals surface area (Å²) in [6.45, 7) is 11.9. The number of nitrogens with zero attached hydrogens (tertiary/aromatic N) is 3. The van der Waals surface area contributed by atoms with Crippen LogP contribution in [-0.4, -0.2) is 87.2 Å². The van der Waals surface area contributed by atoms with Crippen LogP contribution in [0.15, 0.2) is 0 Å². The van der Waals surface area contributed by atoms with Gasteiger partial charge in [0.25, 0.3) is 0 Å². The van der Waals surface area contributed by atoms with Crippen LogP contribution in [0.1, 0.15) is 33.1 Å². The molecule has 0 bridgehead atoms. The SMILES string of the molecule is CCCC(NC)C(CC)N1CCN(CCN(C)C)CC1. The molecule has 1 heterocycles. The molecule has 4 heteroatoms. The van der Waals surface area contributed by atoms with Gasteiger partial charge in [-0.3, -0.25) is 9.80 Å². The summed E-state index contributed by atoms with van der Waals surface area (Å²) in [5.74, 6) is 0. The highest BCUT2D eigenvalue weighted by Gasteiger charge is 2.27. The van der Waals surface area contributed by atoms with E-state index in [0.29, 0.717) is 12.1 Å². The highest BCUT2D eigenvalue weighted by Crippen LogP contribution is 2.15. The minimum atomic E-state index is 0.651. The first-order valence-electron chi connectivity index (χ1n) is 8.40. The molecule has 0 aromatic rings. The summed E-state index contributed by atoms with van der Waals surface area (Å²) >= 11 is 0. The first kappa shape index (κ1) is 17.9. The van der Waals surface area contributed by atoms with Crippen LogP contribution in [0.3, 0.4) is 0 Å². The van der Waals surface area contributed by atoms with Crippen LogP contribution in [-0.2, 0) is 0 Å². The summed E-state index contributed by atoms with van der Waals surface area (Å²) in [5.41, 5.74) is 0. The molecule has 0 aromatic carbocycles. The molecule has 4 nitrogen and oxygen atoms in total. The van der Waals surface area contributed by atoms with E-state index in [0.717, 1.165) is 0 Å². The molecule has 1 aliphatic rings. The number of rotatable bonds is 9. The van der Waals surface area contributed by atoms with Gasteiger partial charge in [0.15, 0.2) is 0 Å². The number of nitrogens with one attached hydrogen (secondary N) is 1. The lowest BCUT2D eigenvalue weighted by atomic mass is 9.98. The van der Waals surface area contributed by atoms with Gasteiger partial charge < -0.3 is 10.2 Å². The Bertz CT molecular complexity index is 237. The van der Waals surface area contributed by atoms with Crippen molar-refractivity contribution in [2.75, 3.05) is 60.4 Å². The van der Waals surface area contributed by atoms with Crippen LogP contribution in [0, 0.1) is 0 Å². The summed E-state index contributed by atoms with van der Waals surface area (Å²) in [6, 6.07) is 1.36. The minimum absolute atomic E-state index is 0.651.